The lowest BCUT2D eigenvalue weighted by molar-refractivity contribution is 0.856. The van der Waals surface area contributed by atoms with Crippen molar-refractivity contribution in [3.63, 3.8) is 0 Å². The molecule has 6 heteroatoms. The zero-order valence-corrected chi connectivity index (χ0v) is 18.9. The smallest absolute Gasteiger partial charge is 0.0363 e. The highest BCUT2D eigenvalue weighted by Gasteiger charge is 2.27. The Balaban J connectivity index is 3.99. The number of rotatable bonds is 5. The van der Waals surface area contributed by atoms with Gasteiger partial charge in [-0.05, 0) is 0 Å². The van der Waals surface area contributed by atoms with Crippen molar-refractivity contribution in [3.05, 3.63) is 0 Å². The molecular formula is C6H8I6. The van der Waals surface area contributed by atoms with Crippen LogP contribution in [0.1, 0.15) is 0 Å². The maximum Gasteiger partial charge on any atom is 0.0363 e. The third-order valence-electron chi connectivity index (χ3n) is 1.29. The third kappa shape index (κ3) is 6.20. The number of halogens is 6. The van der Waals surface area contributed by atoms with Gasteiger partial charge in [0.25, 0.3) is 0 Å². The summed E-state index contributed by atoms with van der Waals surface area (Å²) in [4.78, 5) is 0. The van der Waals surface area contributed by atoms with Crippen molar-refractivity contribution in [2.45, 2.75) is 15.7 Å². The van der Waals surface area contributed by atoms with Gasteiger partial charge in [0, 0.05) is 24.6 Å². The average Bonchev–Trinajstić information content (AvgIpc) is 2.12. The van der Waals surface area contributed by atoms with Gasteiger partial charge in [-0.25, -0.2) is 0 Å². The van der Waals surface area contributed by atoms with Crippen LogP contribution in [0.25, 0.3) is 0 Å². The van der Waals surface area contributed by atoms with E-state index in [0.29, 0.717) is 0 Å². The van der Waals surface area contributed by atoms with E-state index < -0.39 is 0 Å². The summed E-state index contributed by atoms with van der Waals surface area (Å²) in [5.41, 5.74) is 0. The van der Waals surface area contributed by atoms with E-state index in [2.05, 4.69) is 136 Å². The fraction of sp³-hybridized carbons (Fsp3) is 1.00. The van der Waals surface area contributed by atoms with E-state index in [1.54, 1.807) is 0 Å². The Kier molecular flexibility index (Phi) is 12.9. The molecule has 0 N–H and O–H groups in total. The molecule has 0 nitrogen and oxygen atoms in total. The molecule has 0 aliphatic rings. The summed E-state index contributed by atoms with van der Waals surface area (Å²) in [6.07, 6.45) is 0. The molecule has 12 heavy (non-hydrogen) atoms. The Bertz CT molecular complexity index is 105. The van der Waals surface area contributed by atoms with Crippen molar-refractivity contribution in [1.29, 1.82) is 0 Å². The maximum atomic E-state index is 2.60. The van der Waals surface area contributed by atoms with E-state index in [-0.39, 0.29) is 0 Å². The van der Waals surface area contributed by atoms with Gasteiger partial charge in [0.2, 0.25) is 0 Å². The van der Waals surface area contributed by atoms with Crippen LogP contribution in [0.5, 0.6) is 0 Å². The third-order valence-corrected chi connectivity index (χ3v) is 16.4. The van der Waals surface area contributed by atoms with Crippen molar-refractivity contribution in [2.24, 2.45) is 0 Å². The fourth-order valence-corrected chi connectivity index (χ4v) is 7.61. The van der Waals surface area contributed by atoms with Crippen molar-refractivity contribution in [1.82, 2.24) is 0 Å². The molecular weight excluding hydrogens is 833 g/mol. The summed E-state index contributed by atoms with van der Waals surface area (Å²) in [6, 6.07) is 0. The number of hydrogen-bond acceptors (Lipinski definition) is 0. The lowest BCUT2D eigenvalue weighted by Crippen LogP contribution is -2.32. The van der Waals surface area contributed by atoms with Crippen LogP contribution in [-0.4, -0.2) is 24.6 Å². The number of hydrogen-bond donors (Lipinski definition) is 0. The van der Waals surface area contributed by atoms with Crippen LogP contribution in [0.15, 0.2) is 0 Å². The highest BCUT2D eigenvalue weighted by molar-refractivity contribution is 14.1. The lowest BCUT2D eigenvalue weighted by atomic mass is 10.2. The van der Waals surface area contributed by atoms with E-state index in [0.717, 1.165) is 15.7 Å². The summed E-state index contributed by atoms with van der Waals surface area (Å²) in [5, 5.41) is 0. The Labute approximate surface area is 156 Å². The minimum atomic E-state index is 0.803. The van der Waals surface area contributed by atoms with E-state index in [9.17, 15) is 0 Å². The van der Waals surface area contributed by atoms with Gasteiger partial charge in [-0.3, -0.25) is 0 Å². The van der Waals surface area contributed by atoms with Crippen molar-refractivity contribution >= 4 is 136 Å². The van der Waals surface area contributed by atoms with Crippen LogP contribution in [-0.2, 0) is 0 Å². The lowest BCUT2D eigenvalue weighted by Gasteiger charge is -2.23. The summed E-state index contributed by atoms with van der Waals surface area (Å²) in [6.45, 7) is 0. The molecule has 0 fully saturated rings. The maximum absolute atomic E-state index is 2.60. The molecule has 0 saturated heterocycles. The van der Waals surface area contributed by atoms with Crippen molar-refractivity contribution < 1.29 is 0 Å². The molecule has 4 unspecified atom stereocenters. The standard InChI is InChI=1S/C6H8I6/c7-1-3(9)5(11)6(12)4(10)2-8/h3-6H,1-2H2. The van der Waals surface area contributed by atoms with Gasteiger partial charge in [0.15, 0.2) is 0 Å². The zero-order valence-electron chi connectivity index (χ0n) is 5.99. The van der Waals surface area contributed by atoms with E-state index in [1.807, 2.05) is 0 Å². The molecule has 74 valence electrons. The first-order valence-corrected chi connectivity index (χ1v) is 11.3. The highest BCUT2D eigenvalue weighted by atomic mass is 127. The van der Waals surface area contributed by atoms with Gasteiger partial charge in [0.1, 0.15) is 0 Å². The average molecular weight is 842 g/mol. The molecule has 0 aromatic heterocycles. The second-order valence-corrected chi connectivity index (χ2v) is 10.1. The van der Waals surface area contributed by atoms with Gasteiger partial charge >= 0.3 is 0 Å². The summed E-state index contributed by atoms with van der Waals surface area (Å²) in [7, 11) is 0. The molecule has 0 aromatic carbocycles. The van der Waals surface area contributed by atoms with Crippen LogP contribution in [0.3, 0.4) is 0 Å². The van der Waals surface area contributed by atoms with Crippen LogP contribution in [0, 0.1) is 0 Å². The first-order valence-electron chi connectivity index (χ1n) is 3.22. The zero-order chi connectivity index (χ0) is 9.72. The fourth-order valence-electron chi connectivity index (χ4n) is 0.569. The Morgan fingerprint density at radius 3 is 1.08 bits per heavy atom. The summed E-state index contributed by atoms with van der Waals surface area (Å²) < 4.78 is 5.75. The largest absolute Gasteiger partial charge is 0.0852 e. The van der Waals surface area contributed by atoms with Crippen LogP contribution in [0.2, 0.25) is 0 Å². The molecule has 4 atom stereocenters. The summed E-state index contributed by atoms with van der Waals surface area (Å²) >= 11 is 15.3. The molecule has 0 rings (SSSR count). The van der Waals surface area contributed by atoms with Gasteiger partial charge in [-0.15, -0.1) is 0 Å². The monoisotopic (exact) mass is 841 g/mol. The highest BCUT2D eigenvalue weighted by Crippen LogP contribution is 2.31. The Morgan fingerprint density at radius 1 is 0.667 bits per heavy atom. The molecule has 0 heterocycles. The van der Waals surface area contributed by atoms with Gasteiger partial charge in [-0.1, -0.05) is 136 Å². The van der Waals surface area contributed by atoms with E-state index in [4.69, 9.17) is 0 Å². The second kappa shape index (κ2) is 9.41. The predicted molar refractivity (Wildman–Crippen MR) is 109 cm³/mol. The topological polar surface area (TPSA) is 0 Å². The SMILES string of the molecule is ICC(I)C(I)C(I)C(I)CI. The van der Waals surface area contributed by atoms with Crippen molar-refractivity contribution in [2.75, 3.05) is 8.86 Å². The first-order chi connectivity index (χ1) is 5.54. The molecule has 0 aliphatic carbocycles. The molecule has 0 amide bonds. The van der Waals surface area contributed by atoms with Gasteiger partial charge in [-0.2, -0.15) is 0 Å². The number of alkyl halides is 6. The van der Waals surface area contributed by atoms with Crippen LogP contribution < -0.4 is 0 Å². The first kappa shape index (κ1) is 16.4. The summed E-state index contributed by atoms with van der Waals surface area (Å²) in [5.74, 6) is 0. The van der Waals surface area contributed by atoms with Crippen molar-refractivity contribution in [3.8, 4) is 0 Å². The Hall–Kier alpha value is 4.38. The van der Waals surface area contributed by atoms with Crippen LogP contribution >= 0.6 is 136 Å². The van der Waals surface area contributed by atoms with Gasteiger partial charge in [0.05, 0.1) is 0 Å². The Morgan fingerprint density at radius 2 is 0.917 bits per heavy atom. The molecule has 0 spiro atoms. The molecule has 0 bridgehead atoms. The van der Waals surface area contributed by atoms with Crippen LogP contribution in [0.4, 0.5) is 0 Å². The molecule has 0 aromatic rings. The quantitative estimate of drug-likeness (QED) is 0.268. The molecule has 0 aliphatic heterocycles. The minimum absolute atomic E-state index is 0.803. The predicted octanol–water partition coefficient (Wildman–Crippen LogP) is 5.07. The van der Waals surface area contributed by atoms with E-state index >= 15 is 0 Å². The normalized spacial score (nSPS) is 21.5. The minimum Gasteiger partial charge on any atom is -0.0852 e. The van der Waals surface area contributed by atoms with Gasteiger partial charge < -0.3 is 0 Å². The molecule has 0 saturated carbocycles. The van der Waals surface area contributed by atoms with E-state index in [1.165, 1.54) is 8.86 Å². The second-order valence-electron chi connectivity index (χ2n) is 2.23. The molecule has 0 radical (unpaired) electrons.